The van der Waals surface area contributed by atoms with Gasteiger partial charge < -0.3 is 14.5 Å². The fourth-order valence-corrected chi connectivity index (χ4v) is 4.44. The maximum Gasteiger partial charge on any atom is 0.416 e. The number of hydrogen-bond acceptors (Lipinski definition) is 5. The number of hydrogen-bond donors (Lipinski definition) is 1. The van der Waals surface area contributed by atoms with E-state index in [1.54, 1.807) is 17.3 Å². The van der Waals surface area contributed by atoms with E-state index < -0.39 is 18.0 Å². The van der Waals surface area contributed by atoms with Gasteiger partial charge >= 0.3 is 12.1 Å². The van der Waals surface area contributed by atoms with Crippen molar-refractivity contribution in [2.45, 2.75) is 24.3 Å². The van der Waals surface area contributed by atoms with Crippen LogP contribution in [0.25, 0.3) is 12.2 Å². The molecule has 0 fully saturated rings. The van der Waals surface area contributed by atoms with Gasteiger partial charge in [0.15, 0.2) is 0 Å². The molecule has 1 N–H and O–H groups in total. The molecule has 0 saturated heterocycles. The highest BCUT2D eigenvalue weighted by Gasteiger charge is 2.36. The highest BCUT2D eigenvalue weighted by Crippen LogP contribution is 2.33. The summed E-state index contributed by atoms with van der Waals surface area (Å²) in [5.74, 6) is -0.132. The summed E-state index contributed by atoms with van der Waals surface area (Å²) in [7, 11) is 1.49. The van der Waals surface area contributed by atoms with E-state index in [0.717, 1.165) is 28.2 Å². The van der Waals surface area contributed by atoms with E-state index in [4.69, 9.17) is 21.1 Å². The normalized spacial score (nSPS) is 19.3. The number of carbonyl (C=O) groups is 1. The maximum absolute atomic E-state index is 13.2. The molecule has 32 heavy (non-hydrogen) atoms. The van der Waals surface area contributed by atoms with Crippen LogP contribution in [0, 0.1) is 5.82 Å². The van der Waals surface area contributed by atoms with Gasteiger partial charge in [-0.15, -0.1) is 11.6 Å². The first kappa shape index (κ1) is 20.5. The Morgan fingerprint density at radius 2 is 2.00 bits per heavy atom. The van der Waals surface area contributed by atoms with Gasteiger partial charge in [-0.05, 0) is 42.7 Å². The Kier molecular flexibility index (Phi) is 5.30. The molecule has 0 bridgehead atoms. The number of fused-ring (bicyclic) bond motifs is 3. The van der Waals surface area contributed by atoms with Crippen molar-refractivity contribution in [2.75, 3.05) is 13.7 Å². The first-order valence-corrected chi connectivity index (χ1v) is 10.6. The van der Waals surface area contributed by atoms with Crippen molar-refractivity contribution in [3.05, 3.63) is 69.9 Å². The van der Waals surface area contributed by atoms with Gasteiger partial charge in [-0.2, -0.15) is 0 Å². The van der Waals surface area contributed by atoms with Crippen molar-refractivity contribution in [1.29, 1.82) is 0 Å². The number of alkyl halides is 1. The molecular weight excluding hydrogens is 435 g/mol. The predicted molar refractivity (Wildman–Crippen MR) is 116 cm³/mol. The van der Waals surface area contributed by atoms with Crippen molar-refractivity contribution < 1.29 is 18.7 Å². The molecule has 9 heteroatoms. The summed E-state index contributed by atoms with van der Waals surface area (Å²) in [4.78, 5) is 26.7. The minimum absolute atomic E-state index is 0.0633. The quantitative estimate of drug-likeness (QED) is 0.615. The van der Waals surface area contributed by atoms with Crippen LogP contribution in [-0.4, -0.2) is 45.0 Å². The third-order valence-electron chi connectivity index (χ3n) is 5.69. The monoisotopic (exact) mass is 454 g/mol. The summed E-state index contributed by atoms with van der Waals surface area (Å²) in [6, 6.07) is 5.09. The molecule has 1 aliphatic heterocycles. The summed E-state index contributed by atoms with van der Waals surface area (Å²) in [6.07, 6.45) is 8.25. The second-order valence-electron chi connectivity index (χ2n) is 7.64. The van der Waals surface area contributed by atoms with Crippen molar-refractivity contribution in [2.24, 2.45) is 0 Å². The predicted octanol–water partition coefficient (Wildman–Crippen LogP) is 2.67. The minimum Gasteiger partial charge on any atom is -0.467 e. The van der Waals surface area contributed by atoms with Crippen LogP contribution in [0.2, 0.25) is 0 Å². The lowest BCUT2D eigenvalue weighted by atomic mass is 9.94. The van der Waals surface area contributed by atoms with Crippen molar-refractivity contribution in [1.82, 2.24) is 19.9 Å². The Balaban J connectivity index is 1.57. The Morgan fingerprint density at radius 3 is 2.72 bits per heavy atom. The van der Waals surface area contributed by atoms with Crippen LogP contribution in [0.15, 0.2) is 36.7 Å². The SMILES string of the molecule is COc1ncc(C2c3[nH]c4c(c3CCN2C(=O)Oc2ccc(F)cc2)=CC(Cl)CC=4)cn1. The van der Waals surface area contributed by atoms with E-state index in [1.807, 2.05) is 0 Å². The minimum atomic E-state index is -0.543. The molecule has 2 aromatic heterocycles. The second-order valence-corrected chi connectivity index (χ2v) is 8.20. The number of aromatic nitrogens is 3. The Morgan fingerprint density at radius 1 is 1.25 bits per heavy atom. The number of carbonyl (C=O) groups excluding carboxylic acids is 1. The van der Waals surface area contributed by atoms with Gasteiger partial charge in [-0.3, -0.25) is 4.90 Å². The van der Waals surface area contributed by atoms with Gasteiger partial charge in [-0.25, -0.2) is 19.2 Å². The van der Waals surface area contributed by atoms with E-state index in [2.05, 4.69) is 27.1 Å². The lowest BCUT2D eigenvalue weighted by molar-refractivity contribution is 0.134. The summed E-state index contributed by atoms with van der Waals surface area (Å²) >= 11 is 6.37. The van der Waals surface area contributed by atoms with E-state index in [0.29, 0.717) is 18.5 Å². The van der Waals surface area contributed by atoms with Crippen LogP contribution in [-0.2, 0) is 6.42 Å². The van der Waals surface area contributed by atoms with Gasteiger partial charge in [0.1, 0.15) is 17.6 Å². The van der Waals surface area contributed by atoms with Crippen LogP contribution >= 0.6 is 11.6 Å². The summed E-state index contributed by atoms with van der Waals surface area (Å²) in [5, 5.41) is 2.02. The van der Waals surface area contributed by atoms with Gasteiger partial charge in [0, 0.05) is 40.8 Å². The third-order valence-corrected chi connectivity index (χ3v) is 6.00. The number of methoxy groups -OCH3 is 1. The Hall–Kier alpha value is -3.39. The molecule has 2 aliphatic rings. The molecule has 0 saturated carbocycles. The molecule has 0 spiro atoms. The standard InChI is InChI=1S/C23H20ClFN4O3/c1-31-22-26-11-13(12-27-22)21-20-17(18-10-14(24)2-7-19(18)28-20)8-9-29(21)23(30)32-16-5-3-15(25)4-6-16/h3-7,10-12,14,21,28H,2,8-9H2,1H3. The van der Waals surface area contributed by atoms with E-state index >= 15 is 0 Å². The average Bonchev–Trinajstić information content (AvgIpc) is 3.18. The molecule has 1 amide bonds. The lowest BCUT2D eigenvalue weighted by Gasteiger charge is -2.34. The number of rotatable bonds is 3. The molecule has 2 atom stereocenters. The van der Waals surface area contributed by atoms with E-state index in [-0.39, 0.29) is 17.1 Å². The molecular formula is C23H20ClFN4O3. The molecule has 2 unspecified atom stereocenters. The molecule has 1 aliphatic carbocycles. The number of ether oxygens (including phenoxy) is 2. The summed E-state index contributed by atoms with van der Waals surface area (Å²) < 4.78 is 23.9. The zero-order valence-electron chi connectivity index (χ0n) is 17.2. The third kappa shape index (κ3) is 3.71. The lowest BCUT2D eigenvalue weighted by Crippen LogP contribution is -2.43. The zero-order chi connectivity index (χ0) is 22.2. The molecule has 3 aromatic rings. The van der Waals surface area contributed by atoms with Gasteiger partial charge in [-0.1, -0.05) is 12.2 Å². The first-order valence-electron chi connectivity index (χ1n) is 10.2. The number of nitrogens with zero attached hydrogens (tertiary/aromatic N) is 3. The maximum atomic E-state index is 13.2. The van der Waals surface area contributed by atoms with Crippen LogP contribution in [0.1, 0.15) is 29.3 Å². The van der Waals surface area contributed by atoms with Crippen molar-refractivity contribution >= 4 is 29.8 Å². The first-order chi connectivity index (χ1) is 15.5. The molecule has 5 rings (SSSR count). The highest BCUT2D eigenvalue weighted by atomic mass is 35.5. The van der Waals surface area contributed by atoms with Crippen LogP contribution in [0.3, 0.4) is 0 Å². The molecule has 3 heterocycles. The Bertz CT molecular complexity index is 1270. The number of benzene rings is 1. The number of aromatic amines is 1. The fourth-order valence-electron chi connectivity index (χ4n) is 4.22. The van der Waals surface area contributed by atoms with Crippen LogP contribution in [0.5, 0.6) is 11.8 Å². The molecule has 7 nitrogen and oxygen atoms in total. The van der Waals surface area contributed by atoms with Gasteiger partial charge in [0.05, 0.1) is 12.5 Å². The molecule has 1 aromatic carbocycles. The second kappa shape index (κ2) is 8.27. The van der Waals surface area contributed by atoms with E-state index in [9.17, 15) is 9.18 Å². The fraction of sp³-hybridized carbons (Fsp3) is 0.261. The zero-order valence-corrected chi connectivity index (χ0v) is 18.0. The number of nitrogens with one attached hydrogen (secondary N) is 1. The number of amides is 1. The van der Waals surface area contributed by atoms with Crippen molar-refractivity contribution in [3.8, 4) is 11.8 Å². The van der Waals surface area contributed by atoms with E-state index in [1.165, 1.54) is 31.4 Å². The van der Waals surface area contributed by atoms with Crippen molar-refractivity contribution in [3.63, 3.8) is 0 Å². The largest absolute Gasteiger partial charge is 0.467 e. The molecule has 0 radical (unpaired) electrons. The average molecular weight is 455 g/mol. The van der Waals surface area contributed by atoms with Crippen LogP contribution in [0.4, 0.5) is 9.18 Å². The van der Waals surface area contributed by atoms with Crippen LogP contribution < -0.4 is 20.0 Å². The Labute approximate surface area is 188 Å². The molecule has 164 valence electrons. The summed E-state index contributed by atoms with van der Waals surface area (Å²) in [5.41, 5.74) is 2.71. The highest BCUT2D eigenvalue weighted by molar-refractivity contribution is 6.24. The van der Waals surface area contributed by atoms with Gasteiger partial charge in [0.25, 0.3) is 0 Å². The smallest absolute Gasteiger partial charge is 0.416 e. The number of H-pyrrole nitrogens is 1. The van der Waals surface area contributed by atoms with Gasteiger partial charge in [0.2, 0.25) is 0 Å². The summed E-state index contributed by atoms with van der Waals surface area (Å²) in [6.45, 7) is 0.425. The number of halogens is 2. The topological polar surface area (TPSA) is 80.3 Å².